The summed E-state index contributed by atoms with van der Waals surface area (Å²) in [5.74, 6) is -2.50. The van der Waals surface area contributed by atoms with Crippen molar-refractivity contribution in [2.75, 3.05) is 25.6 Å². The van der Waals surface area contributed by atoms with E-state index in [2.05, 4.69) is 19.8 Å². The molecule has 7 N–H and O–H groups in total. The molecule has 0 saturated heterocycles. The Balaban J connectivity index is 2.92. The molecule has 124 valence electrons. The standard InChI is InChI=1S/C13H16N4O6/c1-22-12(21)7-2-3-8(9(4-7)17-13(14)15)16-10(18)5-23-6-11(19)20/h2-4H,5-6H2,1H3,(H,16,18)(H,19,20)(H4,14,15,17)/p+1. The zero-order valence-electron chi connectivity index (χ0n) is 12.3. The molecule has 0 aliphatic rings. The van der Waals surface area contributed by atoms with E-state index in [0.717, 1.165) is 0 Å². The number of aliphatic carboxylic acids is 1. The van der Waals surface area contributed by atoms with Crippen molar-refractivity contribution < 1.29 is 34.0 Å². The van der Waals surface area contributed by atoms with Crippen LogP contribution in [0.3, 0.4) is 0 Å². The van der Waals surface area contributed by atoms with E-state index in [4.69, 9.17) is 16.6 Å². The number of esters is 1. The molecule has 0 heterocycles. The third kappa shape index (κ3) is 6.01. The molecule has 0 fully saturated rings. The maximum Gasteiger partial charge on any atom is 0.343 e. The van der Waals surface area contributed by atoms with Gasteiger partial charge in [0.25, 0.3) is 0 Å². The predicted octanol–water partition coefficient (Wildman–Crippen LogP) is -2.50. The molecule has 0 radical (unpaired) electrons. The van der Waals surface area contributed by atoms with Crippen molar-refractivity contribution in [3.05, 3.63) is 23.8 Å². The predicted molar refractivity (Wildman–Crippen MR) is 78.9 cm³/mol. The number of rotatable bonds is 7. The third-order valence-corrected chi connectivity index (χ3v) is 2.45. The van der Waals surface area contributed by atoms with Gasteiger partial charge in [0, 0.05) is 0 Å². The summed E-state index contributed by atoms with van der Waals surface area (Å²) in [4.78, 5) is 36.1. The van der Waals surface area contributed by atoms with Crippen LogP contribution in [0.4, 0.5) is 11.4 Å². The van der Waals surface area contributed by atoms with Gasteiger partial charge in [0.05, 0.1) is 18.4 Å². The molecule has 1 aromatic rings. The number of ether oxygens (including phenoxy) is 2. The average Bonchev–Trinajstić information content (AvgIpc) is 2.47. The lowest BCUT2D eigenvalue weighted by Crippen LogP contribution is -2.72. The second-order valence-corrected chi connectivity index (χ2v) is 4.27. The Labute approximate surface area is 131 Å². The highest BCUT2D eigenvalue weighted by Crippen LogP contribution is 2.19. The lowest BCUT2D eigenvalue weighted by molar-refractivity contribution is -0.355. The summed E-state index contributed by atoms with van der Waals surface area (Å²) in [7, 11) is 1.23. The van der Waals surface area contributed by atoms with Crippen LogP contribution in [-0.2, 0) is 19.1 Å². The number of carbonyl (C=O) groups is 3. The number of amides is 1. The molecule has 1 amide bonds. The van der Waals surface area contributed by atoms with E-state index in [1.54, 1.807) is 0 Å². The molecule has 1 rings (SSSR count). The number of methoxy groups -OCH3 is 1. The van der Waals surface area contributed by atoms with Crippen LogP contribution in [-0.4, -0.2) is 49.2 Å². The maximum atomic E-state index is 11.7. The third-order valence-electron chi connectivity index (χ3n) is 2.45. The van der Waals surface area contributed by atoms with Crippen molar-refractivity contribution >= 4 is 35.2 Å². The van der Waals surface area contributed by atoms with Gasteiger partial charge in [-0.2, -0.15) is 0 Å². The van der Waals surface area contributed by atoms with Crippen molar-refractivity contribution in [1.29, 1.82) is 0 Å². The second-order valence-electron chi connectivity index (χ2n) is 4.27. The quantitative estimate of drug-likeness (QED) is 0.208. The topological polar surface area (TPSA) is 168 Å². The maximum absolute atomic E-state index is 11.7. The van der Waals surface area contributed by atoms with Gasteiger partial charge < -0.3 is 19.9 Å². The van der Waals surface area contributed by atoms with E-state index in [0.29, 0.717) is 0 Å². The van der Waals surface area contributed by atoms with Gasteiger partial charge in [-0.05, 0) is 18.2 Å². The Morgan fingerprint density at radius 3 is 2.52 bits per heavy atom. The fourth-order valence-corrected chi connectivity index (χ4v) is 1.57. The van der Waals surface area contributed by atoms with Gasteiger partial charge in [0.15, 0.2) is 0 Å². The van der Waals surface area contributed by atoms with E-state index in [1.807, 2.05) is 0 Å². The van der Waals surface area contributed by atoms with Gasteiger partial charge >= 0.3 is 17.9 Å². The second kappa shape index (κ2) is 8.34. The molecule has 10 nitrogen and oxygen atoms in total. The van der Waals surface area contributed by atoms with E-state index in [-0.39, 0.29) is 22.9 Å². The number of carboxylic acid groups (broad SMARTS) is 1. The molecule has 0 aliphatic heterocycles. The lowest BCUT2D eigenvalue weighted by Gasteiger charge is -2.09. The van der Waals surface area contributed by atoms with Crippen LogP contribution < -0.4 is 21.8 Å². The Bertz CT molecular complexity index is 639. The molecular weight excluding hydrogens is 308 g/mol. The van der Waals surface area contributed by atoms with Crippen LogP contribution in [0.25, 0.3) is 0 Å². The van der Waals surface area contributed by atoms with E-state index < -0.39 is 31.1 Å². The number of guanidine groups is 1. The highest BCUT2D eigenvalue weighted by molar-refractivity contribution is 5.96. The first kappa shape index (κ1) is 17.9. The van der Waals surface area contributed by atoms with Crippen LogP contribution in [0.1, 0.15) is 10.4 Å². The first-order valence-corrected chi connectivity index (χ1v) is 6.30. The summed E-state index contributed by atoms with van der Waals surface area (Å²) in [6.45, 7) is -1.05. The normalized spacial score (nSPS) is 9.78. The first-order valence-electron chi connectivity index (χ1n) is 6.30. The van der Waals surface area contributed by atoms with E-state index in [1.165, 1.54) is 25.3 Å². The van der Waals surface area contributed by atoms with E-state index in [9.17, 15) is 14.4 Å². The fourth-order valence-electron chi connectivity index (χ4n) is 1.57. The van der Waals surface area contributed by atoms with Crippen molar-refractivity contribution in [2.24, 2.45) is 11.5 Å². The average molecular weight is 325 g/mol. The van der Waals surface area contributed by atoms with E-state index >= 15 is 0 Å². The first-order chi connectivity index (χ1) is 10.8. The van der Waals surface area contributed by atoms with Crippen LogP contribution in [0.15, 0.2) is 18.2 Å². The Morgan fingerprint density at radius 2 is 1.96 bits per heavy atom. The van der Waals surface area contributed by atoms with Gasteiger partial charge in [-0.15, -0.1) is 0 Å². The van der Waals surface area contributed by atoms with Crippen molar-refractivity contribution in [1.82, 2.24) is 0 Å². The highest BCUT2D eigenvalue weighted by atomic mass is 16.5. The number of nitrogens with one attached hydrogen (secondary N) is 2. The van der Waals surface area contributed by atoms with Crippen molar-refractivity contribution in [2.45, 2.75) is 0 Å². The van der Waals surface area contributed by atoms with Gasteiger partial charge in [0.1, 0.15) is 18.9 Å². The van der Waals surface area contributed by atoms with Crippen LogP contribution in [0.2, 0.25) is 0 Å². The summed E-state index contributed by atoms with van der Waals surface area (Å²) in [6.07, 6.45) is 0. The highest BCUT2D eigenvalue weighted by Gasteiger charge is 2.13. The SMILES string of the molecule is COC(=O)c1ccc(NC(=O)COCC(=O)O)c([NH+]=C(N)N)c1. The Hall–Kier alpha value is -3.14. The minimum atomic E-state index is -1.19. The van der Waals surface area contributed by atoms with Crippen molar-refractivity contribution in [3.8, 4) is 0 Å². The molecule has 0 bridgehead atoms. The van der Waals surface area contributed by atoms with Crippen LogP contribution in [0.5, 0.6) is 0 Å². The number of anilines is 1. The van der Waals surface area contributed by atoms with Crippen molar-refractivity contribution in [3.63, 3.8) is 0 Å². The molecule has 0 saturated carbocycles. The number of carbonyl (C=O) groups excluding carboxylic acids is 2. The molecule has 0 unspecified atom stereocenters. The number of hydrogen-bond donors (Lipinski definition) is 5. The van der Waals surface area contributed by atoms with Crippen LogP contribution in [0, 0.1) is 0 Å². The summed E-state index contributed by atoms with van der Waals surface area (Å²) >= 11 is 0. The minimum Gasteiger partial charge on any atom is -0.480 e. The minimum absolute atomic E-state index is 0.148. The monoisotopic (exact) mass is 325 g/mol. The van der Waals surface area contributed by atoms with Gasteiger partial charge in [0.2, 0.25) is 5.91 Å². The van der Waals surface area contributed by atoms with Gasteiger partial charge in [-0.25, -0.2) is 14.6 Å². The molecule has 0 spiro atoms. The van der Waals surface area contributed by atoms with Gasteiger partial charge in [-0.3, -0.25) is 16.3 Å². The molecule has 0 atom stereocenters. The molecular formula is C13H17N4O6+. The fraction of sp³-hybridized carbons (Fsp3) is 0.231. The Kier molecular flexibility index (Phi) is 6.49. The zero-order valence-corrected chi connectivity index (χ0v) is 12.3. The number of nitrogens with two attached hydrogens (primary N) is 2. The number of hydrogen-bond acceptors (Lipinski definition) is 5. The largest absolute Gasteiger partial charge is 0.480 e. The lowest BCUT2D eigenvalue weighted by atomic mass is 10.1. The summed E-state index contributed by atoms with van der Waals surface area (Å²) in [5.41, 5.74) is 11.5. The Morgan fingerprint density at radius 1 is 1.26 bits per heavy atom. The molecule has 0 aromatic heterocycles. The summed E-state index contributed by atoms with van der Waals surface area (Å²) in [5, 5.41) is 10.9. The molecule has 10 heteroatoms. The summed E-state index contributed by atoms with van der Waals surface area (Å²) in [6, 6.07) is 4.25. The molecule has 1 aromatic carbocycles. The molecule has 0 aliphatic carbocycles. The number of benzene rings is 1. The smallest absolute Gasteiger partial charge is 0.343 e. The summed E-state index contributed by atoms with van der Waals surface area (Å²) < 4.78 is 9.26. The zero-order chi connectivity index (χ0) is 17.4. The number of carboxylic acids is 1. The molecule has 23 heavy (non-hydrogen) atoms. The van der Waals surface area contributed by atoms with Gasteiger partial charge in [-0.1, -0.05) is 0 Å². The van der Waals surface area contributed by atoms with Crippen LogP contribution >= 0.6 is 0 Å².